The van der Waals surface area contributed by atoms with Gasteiger partial charge in [0.2, 0.25) is 0 Å². The van der Waals surface area contributed by atoms with Crippen LogP contribution in [0.2, 0.25) is 0 Å². The van der Waals surface area contributed by atoms with E-state index in [9.17, 15) is 24.6 Å². The van der Waals surface area contributed by atoms with Crippen molar-refractivity contribution in [1.29, 1.82) is 0 Å². The highest BCUT2D eigenvalue weighted by Gasteiger charge is 2.55. The highest BCUT2D eigenvalue weighted by molar-refractivity contribution is 8.00. The first kappa shape index (κ1) is 23.5. The molecule has 5 N–H and O–H groups in total. The Hall–Kier alpha value is -2.68. The zero-order valence-corrected chi connectivity index (χ0v) is 19.7. The number of likely N-dealkylation sites (tertiary alicyclic amines) is 1. The lowest BCUT2D eigenvalue weighted by molar-refractivity contribution is -0.894. The molecule has 3 aliphatic heterocycles. The molecule has 4 atom stereocenters. The summed E-state index contributed by atoms with van der Waals surface area (Å²) < 4.78 is 0.522. The number of thiazole rings is 1. The molecule has 0 spiro atoms. The van der Waals surface area contributed by atoms with Crippen molar-refractivity contribution in [3.63, 3.8) is 0 Å². The molecule has 12 nitrogen and oxygen atoms in total. The second-order valence-electron chi connectivity index (χ2n) is 8.44. The first-order chi connectivity index (χ1) is 15.6. The van der Waals surface area contributed by atoms with E-state index < -0.39 is 35.3 Å². The molecule has 2 amide bonds. The van der Waals surface area contributed by atoms with Gasteiger partial charge in [-0.05, 0) is 0 Å². The topological polar surface area (TPSA) is 167 Å². The molecule has 1 aromatic rings. The van der Waals surface area contributed by atoms with Crippen molar-refractivity contribution < 1.29 is 33.9 Å². The van der Waals surface area contributed by atoms with Gasteiger partial charge in [0, 0.05) is 23.1 Å². The van der Waals surface area contributed by atoms with Crippen molar-refractivity contribution in [3.8, 4) is 0 Å². The molecule has 0 saturated carbocycles. The number of likely N-dealkylation sites (N-methyl/N-ethyl adjacent to an activating group) is 1. The van der Waals surface area contributed by atoms with Crippen LogP contribution in [0.1, 0.15) is 12.1 Å². The zero-order chi connectivity index (χ0) is 23.9. The van der Waals surface area contributed by atoms with E-state index in [1.807, 2.05) is 7.05 Å². The molecule has 33 heavy (non-hydrogen) atoms. The minimum Gasteiger partial charge on any atom is -0.477 e. The van der Waals surface area contributed by atoms with E-state index in [1.165, 1.54) is 23.8 Å². The number of carbonyl (C=O) groups excluding carboxylic acids is 2. The minimum absolute atomic E-state index is 0.0342. The molecule has 4 heterocycles. The summed E-state index contributed by atoms with van der Waals surface area (Å²) in [7, 11) is 3.26. The van der Waals surface area contributed by atoms with Gasteiger partial charge in [-0.3, -0.25) is 14.5 Å². The summed E-state index contributed by atoms with van der Waals surface area (Å²) in [5, 5.41) is 27.4. The van der Waals surface area contributed by atoms with E-state index in [2.05, 4.69) is 15.5 Å². The maximum absolute atomic E-state index is 12.9. The number of fused-ring (bicyclic) bond motifs is 1. The number of aromatic nitrogens is 1. The number of carboxylic acids is 1. The molecule has 178 valence electrons. The summed E-state index contributed by atoms with van der Waals surface area (Å²) in [5.74, 6) is -1.95. The van der Waals surface area contributed by atoms with E-state index in [1.54, 1.807) is 5.38 Å². The van der Waals surface area contributed by atoms with Crippen molar-refractivity contribution in [1.82, 2.24) is 15.2 Å². The number of carbonyl (C=O) groups is 3. The molecule has 0 bridgehead atoms. The van der Waals surface area contributed by atoms with Gasteiger partial charge in [-0.25, -0.2) is 9.78 Å². The molecule has 14 heteroatoms. The van der Waals surface area contributed by atoms with Gasteiger partial charge in [0.1, 0.15) is 49.1 Å². The standard InChI is InChI=1S/C19H24N6O6S2/c1-25(4-3-10(26)6-25)5-9-7-32-17-13(16(28)24(17)14(9)18(29)30)22-15(27)12(23-31-2)11-8-33-19(20)21-11/h8,10,13,17,26H,3-7H2,1-2H3,(H3-,20,21,22,27,29,30)/p+1/t10?,13?,17-,25?/m0/s1. The number of rotatable bonds is 7. The number of aliphatic carboxylic acids is 1. The van der Waals surface area contributed by atoms with Crippen LogP contribution < -0.4 is 11.1 Å². The molecule has 2 fully saturated rings. The van der Waals surface area contributed by atoms with Gasteiger partial charge in [0.25, 0.3) is 11.8 Å². The van der Waals surface area contributed by atoms with E-state index >= 15 is 0 Å². The summed E-state index contributed by atoms with van der Waals surface area (Å²) in [4.78, 5) is 47.9. The van der Waals surface area contributed by atoms with Crippen LogP contribution >= 0.6 is 23.1 Å². The van der Waals surface area contributed by atoms with E-state index in [4.69, 9.17) is 10.6 Å². The number of nitrogens with one attached hydrogen (secondary N) is 1. The molecule has 0 aliphatic carbocycles. The monoisotopic (exact) mass is 497 g/mol. The number of carboxylic acid groups (broad SMARTS) is 1. The number of nitrogens with zero attached hydrogens (tertiary/aromatic N) is 4. The molecular formula is C19H25N6O6S2+. The Bertz CT molecular complexity index is 1060. The number of aliphatic hydroxyl groups is 1. The predicted molar refractivity (Wildman–Crippen MR) is 121 cm³/mol. The summed E-state index contributed by atoms with van der Waals surface area (Å²) in [6, 6.07) is -0.908. The Kier molecular flexibility index (Phi) is 6.35. The number of hydrogen-bond acceptors (Lipinski definition) is 10. The summed E-state index contributed by atoms with van der Waals surface area (Å²) in [6.07, 6.45) is 0.253. The number of thioether (sulfide) groups is 1. The van der Waals surface area contributed by atoms with Crippen molar-refractivity contribution in [2.45, 2.75) is 23.9 Å². The average Bonchev–Trinajstić information content (AvgIpc) is 3.34. The van der Waals surface area contributed by atoms with Crippen molar-refractivity contribution >= 4 is 51.7 Å². The second kappa shape index (κ2) is 8.93. The van der Waals surface area contributed by atoms with Crippen LogP contribution in [0.5, 0.6) is 0 Å². The molecule has 4 rings (SSSR count). The summed E-state index contributed by atoms with van der Waals surface area (Å²) >= 11 is 2.53. The molecule has 3 aliphatic rings. The lowest BCUT2D eigenvalue weighted by atomic mass is 10.0. The number of amides is 2. The Morgan fingerprint density at radius 3 is 2.82 bits per heavy atom. The maximum Gasteiger partial charge on any atom is 0.352 e. The smallest absolute Gasteiger partial charge is 0.352 e. The number of nitrogens with two attached hydrogens (primary N) is 1. The van der Waals surface area contributed by atoms with Crippen molar-refractivity contribution in [3.05, 3.63) is 22.3 Å². The molecular weight excluding hydrogens is 472 g/mol. The molecule has 0 radical (unpaired) electrons. The molecule has 0 aromatic carbocycles. The number of anilines is 1. The first-order valence-electron chi connectivity index (χ1n) is 10.2. The highest BCUT2D eigenvalue weighted by atomic mass is 32.2. The Balaban J connectivity index is 1.51. The quantitative estimate of drug-likeness (QED) is 0.160. The van der Waals surface area contributed by atoms with Crippen LogP contribution in [0, 0.1) is 0 Å². The maximum atomic E-state index is 12.9. The molecule has 1 aromatic heterocycles. The third-order valence-electron chi connectivity index (χ3n) is 5.92. The van der Waals surface area contributed by atoms with Crippen LogP contribution in [0.4, 0.5) is 5.13 Å². The van der Waals surface area contributed by atoms with Gasteiger partial charge in [-0.1, -0.05) is 5.16 Å². The lowest BCUT2D eigenvalue weighted by Gasteiger charge is -2.49. The number of β-lactam (4-membered cyclic amide) rings is 1. The van der Waals surface area contributed by atoms with E-state index in [-0.39, 0.29) is 22.2 Å². The Morgan fingerprint density at radius 2 is 2.24 bits per heavy atom. The fraction of sp³-hybridized carbons (Fsp3) is 0.526. The summed E-state index contributed by atoms with van der Waals surface area (Å²) in [6.45, 7) is 1.72. The van der Waals surface area contributed by atoms with Gasteiger partial charge < -0.3 is 30.6 Å². The van der Waals surface area contributed by atoms with E-state index in [0.717, 1.165) is 17.9 Å². The van der Waals surface area contributed by atoms with Crippen LogP contribution in [-0.4, -0.2) is 105 Å². The Labute approximate surface area is 197 Å². The first-order valence-corrected chi connectivity index (χ1v) is 12.1. The Morgan fingerprint density at radius 1 is 1.48 bits per heavy atom. The van der Waals surface area contributed by atoms with Crippen LogP contribution in [0.25, 0.3) is 0 Å². The van der Waals surface area contributed by atoms with Gasteiger partial charge in [0.05, 0.1) is 13.6 Å². The van der Waals surface area contributed by atoms with Crippen LogP contribution in [-0.2, 0) is 19.2 Å². The van der Waals surface area contributed by atoms with Gasteiger partial charge in [-0.15, -0.1) is 23.1 Å². The van der Waals surface area contributed by atoms with Crippen LogP contribution in [0.3, 0.4) is 0 Å². The van der Waals surface area contributed by atoms with Crippen LogP contribution in [0.15, 0.2) is 21.8 Å². The van der Waals surface area contributed by atoms with Gasteiger partial charge in [0.15, 0.2) is 10.8 Å². The number of nitrogen functional groups attached to an aromatic ring is 1. The average molecular weight is 498 g/mol. The number of hydrogen-bond donors (Lipinski definition) is 4. The summed E-state index contributed by atoms with van der Waals surface area (Å²) in [5.41, 5.74) is 6.34. The highest BCUT2D eigenvalue weighted by Crippen LogP contribution is 2.41. The molecule has 3 unspecified atom stereocenters. The predicted octanol–water partition coefficient (Wildman–Crippen LogP) is -0.974. The second-order valence-corrected chi connectivity index (χ2v) is 10.4. The lowest BCUT2D eigenvalue weighted by Crippen LogP contribution is -2.71. The largest absolute Gasteiger partial charge is 0.477 e. The fourth-order valence-electron chi connectivity index (χ4n) is 4.46. The molecule has 2 saturated heterocycles. The van der Waals surface area contributed by atoms with Crippen molar-refractivity contribution in [2.24, 2.45) is 5.16 Å². The fourth-order valence-corrected chi connectivity index (χ4v) is 6.35. The number of quaternary nitrogens is 1. The minimum atomic E-state index is -1.18. The number of aliphatic hydroxyl groups excluding tert-OH is 1. The third kappa shape index (κ3) is 4.43. The van der Waals surface area contributed by atoms with Gasteiger partial charge in [-0.2, -0.15) is 0 Å². The third-order valence-corrected chi connectivity index (χ3v) is 7.94. The zero-order valence-electron chi connectivity index (χ0n) is 18.1. The number of oxime groups is 1. The SMILES string of the molecule is CON=C(C(=O)NC1C(=O)N2C(C(=O)O)=C(C[N+]3(C)CCC(O)C3)CS[C@@H]12)c1csc(N)n1. The van der Waals surface area contributed by atoms with Gasteiger partial charge >= 0.3 is 5.97 Å². The van der Waals surface area contributed by atoms with E-state index in [0.29, 0.717) is 35.3 Å². The normalized spacial score (nSPS) is 29.5. The van der Waals surface area contributed by atoms with Crippen molar-refractivity contribution in [2.75, 3.05) is 45.3 Å².